The number of nitrogens with one attached hydrogen (secondary N) is 1. The van der Waals surface area contributed by atoms with Gasteiger partial charge in [0.15, 0.2) is 0 Å². The van der Waals surface area contributed by atoms with Crippen molar-refractivity contribution in [3.05, 3.63) is 0 Å². The first kappa shape index (κ1) is 15.3. The first-order valence-electron chi connectivity index (χ1n) is 8.19. The second-order valence-corrected chi connectivity index (χ2v) is 7.07. The molecule has 0 spiro atoms. The van der Waals surface area contributed by atoms with Gasteiger partial charge in [0, 0.05) is 32.2 Å². The summed E-state index contributed by atoms with van der Waals surface area (Å²) in [5.41, 5.74) is 0.0139. The molecule has 0 aromatic heterocycles. The zero-order valence-corrected chi connectivity index (χ0v) is 13.1. The Balaban J connectivity index is 1.67. The second kappa shape index (κ2) is 7.05. The topological polar surface area (TPSA) is 24.5 Å². The first-order chi connectivity index (χ1) is 9.05. The monoisotopic (exact) mass is 268 g/mol. The lowest BCUT2D eigenvalue weighted by atomic mass is 10.1. The predicted molar refractivity (Wildman–Crippen MR) is 80.6 cm³/mol. The van der Waals surface area contributed by atoms with Crippen LogP contribution in [-0.2, 0) is 4.74 Å². The molecule has 1 aliphatic carbocycles. The van der Waals surface area contributed by atoms with Crippen molar-refractivity contribution in [2.24, 2.45) is 0 Å². The molecule has 0 radical (unpaired) electrons. The van der Waals surface area contributed by atoms with Gasteiger partial charge in [-0.2, -0.15) is 0 Å². The highest BCUT2D eigenvalue weighted by Gasteiger charge is 2.30. The Morgan fingerprint density at radius 2 is 1.84 bits per heavy atom. The van der Waals surface area contributed by atoms with Crippen molar-refractivity contribution >= 4 is 0 Å². The fraction of sp³-hybridized carbons (Fsp3) is 1.00. The summed E-state index contributed by atoms with van der Waals surface area (Å²) >= 11 is 0. The van der Waals surface area contributed by atoms with E-state index in [0.717, 1.165) is 32.2 Å². The molecule has 0 bridgehead atoms. The summed E-state index contributed by atoms with van der Waals surface area (Å²) in [5, 5.41) is 3.77. The number of hydrogen-bond donors (Lipinski definition) is 1. The van der Waals surface area contributed by atoms with Gasteiger partial charge in [0.2, 0.25) is 0 Å². The molecule has 2 rings (SSSR count). The van der Waals surface area contributed by atoms with Crippen LogP contribution in [0.3, 0.4) is 0 Å². The summed E-state index contributed by atoms with van der Waals surface area (Å²) in [4.78, 5) is 2.55. The number of morpholine rings is 1. The third-order valence-electron chi connectivity index (χ3n) is 4.36. The smallest absolute Gasteiger partial charge is 0.0757 e. The second-order valence-electron chi connectivity index (χ2n) is 7.07. The van der Waals surface area contributed by atoms with Crippen molar-refractivity contribution in [3.8, 4) is 0 Å². The summed E-state index contributed by atoms with van der Waals surface area (Å²) < 4.78 is 5.95. The van der Waals surface area contributed by atoms with E-state index in [4.69, 9.17) is 4.74 Å². The van der Waals surface area contributed by atoms with Crippen LogP contribution in [-0.4, -0.2) is 48.8 Å². The lowest BCUT2D eigenvalue weighted by molar-refractivity contribution is -0.128. The van der Waals surface area contributed by atoms with E-state index in [1.807, 2.05) is 0 Å². The van der Waals surface area contributed by atoms with E-state index in [1.165, 1.54) is 38.5 Å². The molecule has 1 saturated carbocycles. The quantitative estimate of drug-likeness (QED) is 0.794. The summed E-state index contributed by atoms with van der Waals surface area (Å²) in [6, 6.07) is 0.772. The van der Waals surface area contributed by atoms with Gasteiger partial charge in [0.05, 0.1) is 11.7 Å². The summed E-state index contributed by atoms with van der Waals surface area (Å²) in [7, 11) is 0. The van der Waals surface area contributed by atoms with Crippen LogP contribution in [0.15, 0.2) is 0 Å². The highest BCUT2D eigenvalue weighted by molar-refractivity contribution is 4.83. The SMILES string of the molecule is CC1CN(CCNC2CCCCCC2)CC(C)(C)O1. The van der Waals surface area contributed by atoms with Crippen LogP contribution in [0.4, 0.5) is 0 Å². The van der Waals surface area contributed by atoms with Crippen molar-refractivity contribution in [3.63, 3.8) is 0 Å². The van der Waals surface area contributed by atoms with Crippen LogP contribution in [0.5, 0.6) is 0 Å². The van der Waals surface area contributed by atoms with Gasteiger partial charge in [-0.3, -0.25) is 4.90 Å². The van der Waals surface area contributed by atoms with Crippen LogP contribution in [0.1, 0.15) is 59.3 Å². The molecule has 3 heteroatoms. The Hall–Kier alpha value is -0.120. The van der Waals surface area contributed by atoms with Crippen LogP contribution in [0.2, 0.25) is 0 Å². The Labute approximate surface area is 119 Å². The molecule has 0 amide bonds. The van der Waals surface area contributed by atoms with E-state index in [-0.39, 0.29) is 5.60 Å². The highest BCUT2D eigenvalue weighted by Crippen LogP contribution is 2.20. The molecule has 1 saturated heterocycles. The molecule has 2 fully saturated rings. The standard InChI is InChI=1S/C16H32N2O/c1-14-12-18(13-16(2,3)19-14)11-10-17-15-8-6-4-5-7-9-15/h14-15,17H,4-13H2,1-3H3. The Morgan fingerprint density at radius 1 is 1.16 bits per heavy atom. The average molecular weight is 268 g/mol. The zero-order valence-electron chi connectivity index (χ0n) is 13.1. The van der Waals surface area contributed by atoms with Crippen molar-refractivity contribution in [1.29, 1.82) is 0 Å². The van der Waals surface area contributed by atoms with Crippen molar-refractivity contribution in [2.45, 2.75) is 77.0 Å². The van der Waals surface area contributed by atoms with Crippen molar-refractivity contribution in [2.75, 3.05) is 26.2 Å². The molecule has 1 heterocycles. The summed E-state index contributed by atoms with van der Waals surface area (Å²) in [6.45, 7) is 11.0. The maximum absolute atomic E-state index is 5.95. The van der Waals surface area contributed by atoms with Crippen LogP contribution in [0, 0.1) is 0 Å². The molecule has 19 heavy (non-hydrogen) atoms. The van der Waals surface area contributed by atoms with E-state index in [2.05, 4.69) is 31.0 Å². The molecule has 3 nitrogen and oxygen atoms in total. The zero-order chi connectivity index (χ0) is 13.7. The highest BCUT2D eigenvalue weighted by atomic mass is 16.5. The fourth-order valence-electron chi connectivity index (χ4n) is 3.67. The Morgan fingerprint density at radius 3 is 2.47 bits per heavy atom. The minimum atomic E-state index is 0.0139. The van der Waals surface area contributed by atoms with Gasteiger partial charge in [-0.1, -0.05) is 25.7 Å². The number of nitrogens with zero attached hydrogens (tertiary/aromatic N) is 1. The number of hydrogen-bond acceptors (Lipinski definition) is 3. The third kappa shape index (κ3) is 5.41. The third-order valence-corrected chi connectivity index (χ3v) is 4.36. The molecule has 0 aromatic rings. The van der Waals surface area contributed by atoms with E-state index >= 15 is 0 Å². The van der Waals surface area contributed by atoms with E-state index in [1.54, 1.807) is 0 Å². The van der Waals surface area contributed by atoms with Crippen LogP contribution >= 0.6 is 0 Å². The van der Waals surface area contributed by atoms with Gasteiger partial charge in [0.1, 0.15) is 0 Å². The lowest BCUT2D eigenvalue weighted by Crippen LogP contribution is -2.53. The minimum absolute atomic E-state index is 0.0139. The van der Waals surface area contributed by atoms with E-state index in [9.17, 15) is 0 Å². The molecule has 1 atom stereocenters. The van der Waals surface area contributed by atoms with Crippen LogP contribution < -0.4 is 5.32 Å². The average Bonchev–Trinajstić information content (AvgIpc) is 2.55. The van der Waals surface area contributed by atoms with Gasteiger partial charge in [-0.15, -0.1) is 0 Å². The maximum atomic E-state index is 5.95. The molecule has 1 aliphatic heterocycles. The van der Waals surface area contributed by atoms with Gasteiger partial charge >= 0.3 is 0 Å². The molecular formula is C16H32N2O. The van der Waals surface area contributed by atoms with E-state index < -0.39 is 0 Å². The maximum Gasteiger partial charge on any atom is 0.0757 e. The molecule has 1 unspecified atom stereocenters. The molecule has 0 aromatic carbocycles. The van der Waals surface area contributed by atoms with E-state index in [0.29, 0.717) is 6.10 Å². The normalized spacial score (nSPS) is 30.2. The Bertz CT molecular complexity index is 259. The fourth-order valence-corrected chi connectivity index (χ4v) is 3.67. The molecule has 2 aliphatic rings. The first-order valence-corrected chi connectivity index (χ1v) is 8.19. The summed E-state index contributed by atoms with van der Waals surface area (Å²) in [5.74, 6) is 0. The van der Waals surface area contributed by atoms with Crippen molar-refractivity contribution < 1.29 is 4.74 Å². The van der Waals surface area contributed by atoms with Gasteiger partial charge in [-0.05, 0) is 33.6 Å². The van der Waals surface area contributed by atoms with Gasteiger partial charge in [0.25, 0.3) is 0 Å². The van der Waals surface area contributed by atoms with Crippen molar-refractivity contribution in [1.82, 2.24) is 10.2 Å². The number of rotatable bonds is 4. The Kier molecular flexibility index (Phi) is 5.67. The van der Waals surface area contributed by atoms with Crippen LogP contribution in [0.25, 0.3) is 0 Å². The lowest BCUT2D eigenvalue weighted by Gasteiger charge is -2.42. The molecule has 1 N–H and O–H groups in total. The van der Waals surface area contributed by atoms with Gasteiger partial charge in [-0.25, -0.2) is 0 Å². The number of ether oxygens (including phenoxy) is 1. The summed E-state index contributed by atoms with van der Waals surface area (Å²) in [6.07, 6.45) is 8.83. The largest absolute Gasteiger partial charge is 0.370 e. The predicted octanol–water partition coefficient (Wildman–Crippen LogP) is 2.80. The molecular weight excluding hydrogens is 236 g/mol. The molecule has 112 valence electrons. The minimum Gasteiger partial charge on any atom is -0.370 e. The van der Waals surface area contributed by atoms with Gasteiger partial charge < -0.3 is 10.1 Å².